The molecule has 0 spiro atoms. The first-order valence-electron chi connectivity index (χ1n) is 8.33. The van der Waals surface area contributed by atoms with Gasteiger partial charge in [-0.3, -0.25) is 0 Å². The van der Waals surface area contributed by atoms with E-state index in [9.17, 15) is 0 Å². The molecule has 0 N–H and O–H groups in total. The van der Waals surface area contributed by atoms with Gasteiger partial charge in [0.2, 0.25) is 0 Å². The molecule has 2 aromatic rings. The van der Waals surface area contributed by atoms with E-state index in [1.807, 2.05) is 30.3 Å². The van der Waals surface area contributed by atoms with Crippen molar-refractivity contribution in [2.75, 3.05) is 0 Å². The van der Waals surface area contributed by atoms with Crippen LogP contribution in [0.5, 0.6) is 0 Å². The van der Waals surface area contributed by atoms with Crippen LogP contribution in [0.2, 0.25) is 0 Å². The van der Waals surface area contributed by atoms with Gasteiger partial charge in [0.15, 0.2) is 0 Å². The van der Waals surface area contributed by atoms with E-state index in [0.29, 0.717) is 0 Å². The van der Waals surface area contributed by atoms with Crippen molar-refractivity contribution in [2.45, 2.75) is 64.7 Å². The van der Waals surface area contributed by atoms with Gasteiger partial charge in [-0.15, -0.1) is 0 Å². The van der Waals surface area contributed by atoms with Crippen molar-refractivity contribution in [2.24, 2.45) is 0 Å². The molecule has 0 radical (unpaired) electrons. The van der Waals surface area contributed by atoms with Gasteiger partial charge in [0.1, 0.15) is 11.3 Å². The average molecular weight is 302 g/mol. The zero-order valence-corrected chi connectivity index (χ0v) is 13.9. The van der Waals surface area contributed by atoms with Gasteiger partial charge in [-0.05, 0) is 24.6 Å². The van der Waals surface area contributed by atoms with Gasteiger partial charge in [0, 0.05) is 11.8 Å². The van der Waals surface area contributed by atoms with E-state index in [4.69, 9.17) is 16.6 Å². The van der Waals surface area contributed by atoms with E-state index < -0.39 is 0 Å². The van der Waals surface area contributed by atoms with Crippen molar-refractivity contribution in [3.05, 3.63) is 40.6 Å². The lowest BCUT2D eigenvalue weighted by molar-refractivity contribution is 0.509. The Balaban J connectivity index is 1.75. The highest BCUT2D eigenvalue weighted by Gasteiger charge is 2.02. The van der Waals surface area contributed by atoms with Crippen molar-refractivity contribution in [1.29, 1.82) is 0 Å². The molecular weight excluding hydrogens is 276 g/mol. The molecule has 0 amide bonds. The molecule has 1 nitrogen and oxygen atoms in total. The molecule has 114 valence electrons. The lowest BCUT2D eigenvalue weighted by atomic mass is 10.1. The van der Waals surface area contributed by atoms with Crippen molar-refractivity contribution >= 4 is 23.2 Å². The molecule has 0 bridgehead atoms. The topological polar surface area (TPSA) is 13.1 Å². The first-order chi connectivity index (χ1) is 10.3. The van der Waals surface area contributed by atoms with Gasteiger partial charge in [0.05, 0.1) is 4.51 Å². The van der Waals surface area contributed by atoms with Crippen LogP contribution in [0.25, 0.3) is 11.0 Å². The fraction of sp³-hybridized carbons (Fsp3) is 0.526. The molecule has 0 fully saturated rings. The van der Waals surface area contributed by atoms with Crippen molar-refractivity contribution in [3.8, 4) is 0 Å². The Kier molecular flexibility index (Phi) is 6.94. The van der Waals surface area contributed by atoms with Gasteiger partial charge in [-0.2, -0.15) is 0 Å². The van der Waals surface area contributed by atoms with E-state index in [-0.39, 0.29) is 0 Å². The van der Waals surface area contributed by atoms with E-state index in [2.05, 4.69) is 6.92 Å². The summed E-state index contributed by atoms with van der Waals surface area (Å²) in [6.07, 6.45) is 11.7. The number of rotatable bonds is 9. The number of hydrogen-bond acceptors (Lipinski definition) is 2. The summed E-state index contributed by atoms with van der Waals surface area (Å²) in [6, 6.07) is 10.1. The Bertz CT molecular complexity index is 600. The second kappa shape index (κ2) is 8.99. The Labute approximate surface area is 133 Å². The zero-order valence-electron chi connectivity index (χ0n) is 13.1. The first kappa shape index (κ1) is 16.2. The molecular formula is C19H26OS. The average Bonchev–Trinajstić information content (AvgIpc) is 2.50. The van der Waals surface area contributed by atoms with Crippen LogP contribution < -0.4 is 0 Å². The summed E-state index contributed by atoms with van der Waals surface area (Å²) in [7, 11) is 0. The monoisotopic (exact) mass is 302 g/mol. The van der Waals surface area contributed by atoms with E-state index in [1.54, 1.807) is 0 Å². The number of unbranched alkanes of at least 4 members (excludes halogenated alkanes) is 7. The summed E-state index contributed by atoms with van der Waals surface area (Å²) >= 11 is 5.44. The van der Waals surface area contributed by atoms with Crippen LogP contribution in [0.3, 0.4) is 0 Å². The number of benzene rings is 1. The molecule has 0 saturated heterocycles. The summed E-state index contributed by atoms with van der Waals surface area (Å²) in [5, 5.41) is 1.05. The van der Waals surface area contributed by atoms with E-state index >= 15 is 0 Å². The van der Waals surface area contributed by atoms with E-state index in [1.165, 1.54) is 51.4 Å². The largest absolute Gasteiger partial charge is 0.461 e. The second-order valence-corrected chi connectivity index (χ2v) is 6.24. The summed E-state index contributed by atoms with van der Waals surface area (Å²) in [5.74, 6) is 1.03. The smallest absolute Gasteiger partial charge is 0.135 e. The van der Waals surface area contributed by atoms with Crippen LogP contribution >= 0.6 is 12.2 Å². The minimum Gasteiger partial charge on any atom is -0.461 e. The molecule has 1 aromatic carbocycles. The Morgan fingerprint density at radius 1 is 0.905 bits per heavy atom. The third-order valence-corrected chi connectivity index (χ3v) is 4.30. The highest BCUT2D eigenvalue weighted by atomic mass is 32.1. The molecule has 21 heavy (non-hydrogen) atoms. The molecule has 1 heterocycles. The fourth-order valence-electron chi connectivity index (χ4n) is 2.71. The van der Waals surface area contributed by atoms with Crippen LogP contribution in [0.15, 0.2) is 34.7 Å². The van der Waals surface area contributed by atoms with E-state index in [0.717, 1.165) is 27.7 Å². The van der Waals surface area contributed by atoms with Crippen LogP contribution in [-0.2, 0) is 6.42 Å². The predicted octanol–water partition coefficient (Wildman–Crippen LogP) is 6.85. The summed E-state index contributed by atoms with van der Waals surface area (Å²) in [6.45, 7) is 2.26. The van der Waals surface area contributed by atoms with Crippen LogP contribution in [-0.4, -0.2) is 0 Å². The summed E-state index contributed by atoms with van der Waals surface area (Å²) < 4.78 is 6.84. The summed E-state index contributed by atoms with van der Waals surface area (Å²) in [5.41, 5.74) is 0.916. The molecule has 0 aliphatic carbocycles. The van der Waals surface area contributed by atoms with Crippen molar-refractivity contribution in [3.63, 3.8) is 0 Å². The van der Waals surface area contributed by atoms with Gasteiger partial charge in [-0.25, -0.2) is 0 Å². The standard InChI is InChI=1S/C19H26OS/c1-2-3-4-5-6-7-8-9-12-16-15-19(21)17-13-10-11-14-18(17)20-16/h10-11,13-15H,2-9,12H2,1H3. The lowest BCUT2D eigenvalue weighted by Gasteiger charge is -2.04. The number of fused-ring (bicyclic) bond motifs is 1. The Hall–Kier alpha value is -1.15. The zero-order chi connectivity index (χ0) is 14.9. The number of hydrogen-bond donors (Lipinski definition) is 0. The van der Waals surface area contributed by atoms with Gasteiger partial charge in [0.25, 0.3) is 0 Å². The Morgan fingerprint density at radius 2 is 1.57 bits per heavy atom. The number of aryl methyl sites for hydroxylation is 1. The molecule has 0 atom stereocenters. The van der Waals surface area contributed by atoms with Gasteiger partial charge in [-0.1, -0.05) is 76.2 Å². The maximum absolute atomic E-state index is 5.94. The highest BCUT2D eigenvalue weighted by molar-refractivity contribution is 7.71. The maximum Gasteiger partial charge on any atom is 0.135 e. The second-order valence-electron chi connectivity index (χ2n) is 5.80. The van der Waals surface area contributed by atoms with Crippen LogP contribution in [0.1, 0.15) is 64.1 Å². The predicted molar refractivity (Wildman–Crippen MR) is 93.4 cm³/mol. The third kappa shape index (κ3) is 5.28. The SMILES string of the molecule is CCCCCCCCCCc1cc(=S)c2ccccc2o1. The highest BCUT2D eigenvalue weighted by Crippen LogP contribution is 2.19. The molecule has 0 aliphatic rings. The number of para-hydroxylation sites is 1. The van der Waals surface area contributed by atoms with Crippen LogP contribution in [0, 0.1) is 4.51 Å². The van der Waals surface area contributed by atoms with Crippen molar-refractivity contribution in [1.82, 2.24) is 0 Å². The summed E-state index contributed by atoms with van der Waals surface area (Å²) in [4.78, 5) is 0. The van der Waals surface area contributed by atoms with Crippen molar-refractivity contribution < 1.29 is 4.42 Å². The molecule has 0 saturated carbocycles. The normalized spacial score (nSPS) is 11.1. The first-order valence-corrected chi connectivity index (χ1v) is 8.74. The van der Waals surface area contributed by atoms with Crippen LogP contribution in [0.4, 0.5) is 0 Å². The molecule has 1 aromatic heterocycles. The Morgan fingerprint density at radius 3 is 2.33 bits per heavy atom. The van der Waals surface area contributed by atoms with Gasteiger partial charge < -0.3 is 4.42 Å². The maximum atomic E-state index is 5.94. The minimum absolute atomic E-state index is 0.909. The molecule has 0 unspecified atom stereocenters. The fourth-order valence-corrected chi connectivity index (χ4v) is 3.01. The quantitative estimate of drug-likeness (QED) is 0.371. The third-order valence-electron chi connectivity index (χ3n) is 3.96. The lowest BCUT2D eigenvalue weighted by Crippen LogP contribution is -1.88. The molecule has 2 heteroatoms. The molecule has 2 rings (SSSR count). The van der Waals surface area contributed by atoms with Gasteiger partial charge >= 0.3 is 0 Å². The molecule has 0 aliphatic heterocycles. The minimum atomic E-state index is 0.909.